The Bertz CT molecular complexity index is 387. The van der Waals surface area contributed by atoms with Gasteiger partial charge in [-0.3, -0.25) is 4.79 Å². The number of carbonyl (C=O) groups is 1. The third-order valence-electron chi connectivity index (χ3n) is 2.32. The summed E-state index contributed by atoms with van der Waals surface area (Å²) in [6.45, 7) is 2.39. The Kier molecular flexibility index (Phi) is 3.57. The lowest BCUT2D eigenvalue weighted by atomic mass is 10.1. The predicted molar refractivity (Wildman–Crippen MR) is 55.8 cm³/mol. The standard InChI is InChI=1S/C11H12F3NO/c1-3-15(2)10-5-8(7-16)4-9(6-10)11(12,13)14/h4-7H,3H2,1-2H3. The van der Waals surface area contributed by atoms with Gasteiger partial charge in [-0.15, -0.1) is 0 Å². The molecule has 0 aromatic heterocycles. The molecule has 0 aliphatic rings. The number of aldehydes is 1. The molecule has 1 rings (SSSR count). The summed E-state index contributed by atoms with van der Waals surface area (Å²) in [7, 11) is 1.67. The summed E-state index contributed by atoms with van der Waals surface area (Å²) >= 11 is 0. The van der Waals surface area contributed by atoms with E-state index < -0.39 is 11.7 Å². The van der Waals surface area contributed by atoms with E-state index in [0.717, 1.165) is 12.1 Å². The van der Waals surface area contributed by atoms with E-state index in [1.54, 1.807) is 11.9 Å². The highest BCUT2D eigenvalue weighted by molar-refractivity contribution is 5.78. The van der Waals surface area contributed by atoms with Gasteiger partial charge < -0.3 is 4.90 Å². The van der Waals surface area contributed by atoms with Gasteiger partial charge in [0.25, 0.3) is 0 Å². The molecule has 0 aliphatic heterocycles. The van der Waals surface area contributed by atoms with E-state index in [4.69, 9.17) is 0 Å². The highest BCUT2D eigenvalue weighted by atomic mass is 19.4. The molecule has 0 unspecified atom stereocenters. The first-order chi connectivity index (χ1) is 7.38. The van der Waals surface area contributed by atoms with Gasteiger partial charge in [0.15, 0.2) is 0 Å². The molecule has 1 aromatic carbocycles. The fraction of sp³-hybridized carbons (Fsp3) is 0.364. The average molecular weight is 231 g/mol. The van der Waals surface area contributed by atoms with E-state index in [9.17, 15) is 18.0 Å². The lowest BCUT2D eigenvalue weighted by molar-refractivity contribution is -0.137. The molecular weight excluding hydrogens is 219 g/mol. The van der Waals surface area contributed by atoms with Crippen LogP contribution in [-0.4, -0.2) is 19.9 Å². The molecular formula is C11H12F3NO. The highest BCUT2D eigenvalue weighted by Gasteiger charge is 2.31. The van der Waals surface area contributed by atoms with Crippen LogP contribution in [0.25, 0.3) is 0 Å². The Hall–Kier alpha value is -1.52. The van der Waals surface area contributed by atoms with Crippen molar-refractivity contribution in [3.05, 3.63) is 29.3 Å². The largest absolute Gasteiger partial charge is 0.416 e. The average Bonchev–Trinajstić information content (AvgIpc) is 2.26. The van der Waals surface area contributed by atoms with Gasteiger partial charge >= 0.3 is 6.18 Å². The molecule has 0 N–H and O–H groups in total. The Morgan fingerprint density at radius 1 is 1.31 bits per heavy atom. The highest BCUT2D eigenvalue weighted by Crippen LogP contribution is 2.32. The number of alkyl halides is 3. The maximum Gasteiger partial charge on any atom is 0.416 e. The number of nitrogens with zero attached hydrogens (tertiary/aromatic N) is 1. The predicted octanol–water partition coefficient (Wildman–Crippen LogP) is 2.97. The first-order valence-electron chi connectivity index (χ1n) is 4.77. The first kappa shape index (κ1) is 12.5. The summed E-state index contributed by atoms with van der Waals surface area (Å²) < 4.78 is 37.6. The Morgan fingerprint density at radius 3 is 2.38 bits per heavy atom. The minimum atomic E-state index is -4.43. The summed E-state index contributed by atoms with van der Waals surface area (Å²) in [5.74, 6) is 0. The number of halogens is 3. The van der Waals surface area contributed by atoms with Crippen molar-refractivity contribution in [3.63, 3.8) is 0 Å². The zero-order valence-corrected chi connectivity index (χ0v) is 9.01. The first-order valence-corrected chi connectivity index (χ1v) is 4.77. The monoisotopic (exact) mass is 231 g/mol. The SMILES string of the molecule is CCN(C)c1cc(C=O)cc(C(F)(F)F)c1. The van der Waals surface area contributed by atoms with Gasteiger partial charge in [0.1, 0.15) is 6.29 Å². The fourth-order valence-electron chi connectivity index (χ4n) is 1.27. The number of anilines is 1. The molecule has 16 heavy (non-hydrogen) atoms. The zero-order valence-electron chi connectivity index (χ0n) is 9.01. The summed E-state index contributed by atoms with van der Waals surface area (Å²) in [5, 5.41) is 0. The lowest BCUT2D eigenvalue weighted by Gasteiger charge is -2.19. The Balaban J connectivity index is 3.26. The van der Waals surface area contributed by atoms with Crippen LogP contribution in [0.1, 0.15) is 22.8 Å². The van der Waals surface area contributed by atoms with Crippen LogP contribution >= 0.6 is 0 Å². The van der Waals surface area contributed by atoms with Gasteiger partial charge in [-0.2, -0.15) is 13.2 Å². The van der Waals surface area contributed by atoms with Crippen molar-refractivity contribution in [1.29, 1.82) is 0 Å². The van der Waals surface area contributed by atoms with E-state index in [1.165, 1.54) is 6.07 Å². The molecule has 0 spiro atoms. The maximum atomic E-state index is 12.5. The minimum Gasteiger partial charge on any atom is -0.375 e. The number of hydrogen-bond donors (Lipinski definition) is 0. The summed E-state index contributed by atoms with van der Waals surface area (Å²) in [4.78, 5) is 12.2. The number of hydrogen-bond acceptors (Lipinski definition) is 2. The molecule has 0 radical (unpaired) electrons. The molecule has 0 fully saturated rings. The van der Waals surface area contributed by atoms with Crippen molar-refractivity contribution in [1.82, 2.24) is 0 Å². The number of carbonyl (C=O) groups excluding carboxylic acids is 1. The zero-order chi connectivity index (χ0) is 12.3. The van der Waals surface area contributed by atoms with Gasteiger partial charge in [-0.1, -0.05) is 0 Å². The van der Waals surface area contributed by atoms with Crippen LogP contribution in [0.15, 0.2) is 18.2 Å². The second kappa shape index (κ2) is 4.55. The molecule has 0 heterocycles. The van der Waals surface area contributed by atoms with E-state index >= 15 is 0 Å². The van der Waals surface area contributed by atoms with Gasteiger partial charge in [0.2, 0.25) is 0 Å². The lowest BCUT2D eigenvalue weighted by Crippen LogP contribution is -2.17. The van der Waals surface area contributed by atoms with Crippen LogP contribution in [0.4, 0.5) is 18.9 Å². The van der Waals surface area contributed by atoms with Crippen molar-refractivity contribution < 1.29 is 18.0 Å². The molecule has 88 valence electrons. The van der Waals surface area contributed by atoms with E-state index in [0.29, 0.717) is 18.5 Å². The smallest absolute Gasteiger partial charge is 0.375 e. The number of benzene rings is 1. The topological polar surface area (TPSA) is 20.3 Å². The molecule has 2 nitrogen and oxygen atoms in total. The third kappa shape index (κ3) is 2.74. The normalized spacial score (nSPS) is 11.3. The van der Waals surface area contributed by atoms with E-state index in [-0.39, 0.29) is 5.56 Å². The number of rotatable bonds is 3. The van der Waals surface area contributed by atoms with Crippen molar-refractivity contribution in [2.45, 2.75) is 13.1 Å². The molecule has 0 amide bonds. The maximum absolute atomic E-state index is 12.5. The molecule has 0 bridgehead atoms. The van der Waals surface area contributed by atoms with Gasteiger partial charge in [-0.05, 0) is 25.1 Å². The third-order valence-corrected chi connectivity index (χ3v) is 2.32. The summed E-state index contributed by atoms with van der Waals surface area (Å²) in [6.07, 6.45) is -4.01. The van der Waals surface area contributed by atoms with Crippen molar-refractivity contribution in [2.24, 2.45) is 0 Å². The molecule has 0 atom stereocenters. The van der Waals surface area contributed by atoms with Crippen LogP contribution in [0.2, 0.25) is 0 Å². The second-order valence-corrected chi connectivity index (χ2v) is 3.44. The molecule has 5 heteroatoms. The van der Waals surface area contributed by atoms with Crippen molar-refractivity contribution >= 4 is 12.0 Å². The molecule has 1 aromatic rings. The van der Waals surface area contributed by atoms with Crippen LogP contribution in [0.5, 0.6) is 0 Å². The van der Waals surface area contributed by atoms with Gasteiger partial charge in [0, 0.05) is 24.8 Å². The Morgan fingerprint density at radius 2 is 1.94 bits per heavy atom. The molecule has 0 saturated heterocycles. The molecule has 0 saturated carbocycles. The summed E-state index contributed by atoms with van der Waals surface area (Å²) in [6, 6.07) is 3.32. The van der Waals surface area contributed by atoms with Crippen LogP contribution in [0, 0.1) is 0 Å². The summed E-state index contributed by atoms with van der Waals surface area (Å²) in [5.41, 5.74) is -0.378. The van der Waals surface area contributed by atoms with E-state index in [2.05, 4.69) is 0 Å². The second-order valence-electron chi connectivity index (χ2n) is 3.44. The fourth-order valence-corrected chi connectivity index (χ4v) is 1.27. The van der Waals surface area contributed by atoms with Gasteiger partial charge in [-0.25, -0.2) is 0 Å². The van der Waals surface area contributed by atoms with Gasteiger partial charge in [0.05, 0.1) is 5.56 Å². The van der Waals surface area contributed by atoms with Crippen molar-refractivity contribution in [2.75, 3.05) is 18.5 Å². The van der Waals surface area contributed by atoms with Crippen LogP contribution in [0.3, 0.4) is 0 Å². The van der Waals surface area contributed by atoms with E-state index in [1.807, 2.05) is 6.92 Å². The quantitative estimate of drug-likeness (QED) is 0.745. The Labute approximate surface area is 91.7 Å². The molecule has 0 aliphatic carbocycles. The van der Waals surface area contributed by atoms with Crippen LogP contribution in [-0.2, 0) is 6.18 Å². The van der Waals surface area contributed by atoms with Crippen LogP contribution < -0.4 is 4.90 Å². The van der Waals surface area contributed by atoms with Crippen molar-refractivity contribution in [3.8, 4) is 0 Å². The minimum absolute atomic E-state index is 0.0325.